The van der Waals surface area contributed by atoms with Gasteiger partial charge in [-0.2, -0.15) is 0 Å². The van der Waals surface area contributed by atoms with E-state index in [0.29, 0.717) is 16.5 Å². The largest absolute Gasteiger partial charge is 0.207 e. The van der Waals surface area contributed by atoms with Crippen LogP contribution in [0.15, 0.2) is 78.9 Å². The van der Waals surface area contributed by atoms with Gasteiger partial charge in [0.05, 0.1) is 0 Å². The first kappa shape index (κ1) is 20.3. The van der Waals surface area contributed by atoms with Crippen molar-refractivity contribution in [3.63, 3.8) is 0 Å². The van der Waals surface area contributed by atoms with Crippen LogP contribution in [-0.2, 0) is 19.3 Å². The Morgan fingerprint density at radius 1 is 0.633 bits per heavy atom. The van der Waals surface area contributed by atoms with Gasteiger partial charge in [-0.15, -0.1) is 0 Å². The van der Waals surface area contributed by atoms with Crippen molar-refractivity contribution in [2.45, 2.75) is 39.0 Å². The molecule has 0 amide bonds. The van der Waals surface area contributed by atoms with Crippen molar-refractivity contribution in [3.8, 4) is 11.1 Å². The molecule has 0 radical (unpaired) electrons. The second kappa shape index (κ2) is 9.21. The van der Waals surface area contributed by atoms with Crippen LogP contribution >= 0.6 is 0 Å². The van der Waals surface area contributed by atoms with Crippen LogP contribution in [0.1, 0.15) is 36.5 Å². The zero-order chi connectivity index (χ0) is 20.9. The average Bonchev–Trinajstić information content (AvgIpc) is 2.78. The molecule has 0 saturated carbocycles. The summed E-state index contributed by atoms with van der Waals surface area (Å²) in [6.07, 6.45) is 5.49. The SMILES string of the molecule is CCCCc1ccc(CCc2ccc3c(F)c(-c4ccc(F)cc4)ccc3c2)cc1. The summed E-state index contributed by atoms with van der Waals surface area (Å²) in [5.41, 5.74) is 5.11. The van der Waals surface area contributed by atoms with Gasteiger partial charge in [0, 0.05) is 10.9 Å². The summed E-state index contributed by atoms with van der Waals surface area (Å²) < 4.78 is 28.2. The summed E-state index contributed by atoms with van der Waals surface area (Å²) >= 11 is 0. The molecule has 0 heterocycles. The standard InChI is InChI=1S/C28H26F2/c1-2-3-4-20-5-7-21(8-6-20)9-10-22-11-17-27-24(19-22)14-18-26(28(27)30)23-12-15-25(29)16-13-23/h5-8,11-19H,2-4,9-10H2,1H3. The van der Waals surface area contributed by atoms with E-state index in [9.17, 15) is 4.39 Å². The van der Waals surface area contributed by atoms with Gasteiger partial charge < -0.3 is 0 Å². The van der Waals surface area contributed by atoms with E-state index in [-0.39, 0.29) is 11.6 Å². The zero-order valence-corrected chi connectivity index (χ0v) is 17.3. The normalized spacial score (nSPS) is 11.2. The summed E-state index contributed by atoms with van der Waals surface area (Å²) in [6.45, 7) is 2.22. The Hall–Kier alpha value is -3.00. The smallest absolute Gasteiger partial charge is 0.138 e. The maximum Gasteiger partial charge on any atom is 0.138 e. The van der Waals surface area contributed by atoms with Gasteiger partial charge in [0.15, 0.2) is 0 Å². The van der Waals surface area contributed by atoms with Gasteiger partial charge in [-0.25, -0.2) is 8.78 Å². The van der Waals surface area contributed by atoms with E-state index in [0.717, 1.165) is 24.6 Å². The minimum atomic E-state index is -0.319. The van der Waals surface area contributed by atoms with Crippen LogP contribution in [0.4, 0.5) is 8.78 Å². The van der Waals surface area contributed by atoms with Gasteiger partial charge in [0.2, 0.25) is 0 Å². The van der Waals surface area contributed by atoms with Crippen LogP contribution < -0.4 is 0 Å². The Balaban J connectivity index is 1.49. The predicted molar refractivity (Wildman–Crippen MR) is 122 cm³/mol. The van der Waals surface area contributed by atoms with E-state index in [2.05, 4.69) is 37.3 Å². The second-order valence-corrected chi connectivity index (χ2v) is 7.91. The van der Waals surface area contributed by atoms with Crippen molar-refractivity contribution in [1.82, 2.24) is 0 Å². The van der Waals surface area contributed by atoms with Gasteiger partial charge in [-0.1, -0.05) is 80.1 Å². The Kier molecular flexibility index (Phi) is 6.23. The second-order valence-electron chi connectivity index (χ2n) is 7.91. The molecule has 0 fully saturated rings. The fourth-order valence-electron chi connectivity index (χ4n) is 3.89. The lowest BCUT2D eigenvalue weighted by atomic mass is 9.97. The summed E-state index contributed by atoms with van der Waals surface area (Å²) in [5.74, 6) is -0.575. The molecule has 4 aromatic rings. The fourth-order valence-corrected chi connectivity index (χ4v) is 3.89. The van der Waals surface area contributed by atoms with Crippen LogP contribution in [0.25, 0.3) is 21.9 Å². The number of aryl methyl sites for hydroxylation is 3. The number of unbranched alkanes of at least 4 members (excludes halogenated alkanes) is 1. The first-order valence-corrected chi connectivity index (χ1v) is 10.7. The van der Waals surface area contributed by atoms with E-state index in [4.69, 9.17) is 0 Å². The van der Waals surface area contributed by atoms with Crippen LogP contribution in [0.5, 0.6) is 0 Å². The lowest BCUT2D eigenvalue weighted by Crippen LogP contribution is -1.94. The van der Waals surface area contributed by atoms with E-state index < -0.39 is 0 Å². The van der Waals surface area contributed by atoms with Gasteiger partial charge in [-0.3, -0.25) is 0 Å². The minimum Gasteiger partial charge on any atom is -0.207 e. The van der Waals surface area contributed by atoms with Crippen LogP contribution in [-0.4, -0.2) is 0 Å². The molecule has 4 rings (SSSR count). The lowest BCUT2D eigenvalue weighted by molar-refractivity contribution is 0.627. The fraction of sp³-hybridized carbons (Fsp3) is 0.214. The van der Waals surface area contributed by atoms with E-state index >= 15 is 4.39 Å². The molecule has 0 nitrogen and oxygen atoms in total. The first-order chi connectivity index (χ1) is 14.6. The third-order valence-electron chi connectivity index (χ3n) is 5.72. The summed E-state index contributed by atoms with van der Waals surface area (Å²) in [7, 11) is 0. The number of fused-ring (bicyclic) bond motifs is 1. The molecule has 0 aliphatic carbocycles. The zero-order valence-electron chi connectivity index (χ0n) is 17.3. The Labute approximate surface area is 177 Å². The quantitative estimate of drug-likeness (QED) is 0.296. The Bertz CT molecular complexity index is 1130. The van der Waals surface area contributed by atoms with Crippen molar-refractivity contribution in [3.05, 3.63) is 107 Å². The Morgan fingerprint density at radius 2 is 1.27 bits per heavy atom. The summed E-state index contributed by atoms with van der Waals surface area (Å²) in [6, 6.07) is 24.5. The predicted octanol–water partition coefficient (Wildman–Crippen LogP) is 7.91. The summed E-state index contributed by atoms with van der Waals surface area (Å²) in [4.78, 5) is 0. The average molecular weight is 401 g/mol. The molecule has 4 aromatic carbocycles. The molecule has 0 saturated heterocycles. The van der Waals surface area contributed by atoms with Gasteiger partial charge >= 0.3 is 0 Å². The number of rotatable bonds is 7. The lowest BCUT2D eigenvalue weighted by Gasteiger charge is -2.09. The van der Waals surface area contributed by atoms with Crippen LogP contribution in [0.3, 0.4) is 0 Å². The van der Waals surface area contributed by atoms with Crippen molar-refractivity contribution < 1.29 is 8.78 Å². The van der Waals surface area contributed by atoms with E-state index in [1.54, 1.807) is 18.2 Å². The number of benzene rings is 4. The molecule has 0 aromatic heterocycles. The molecule has 0 bridgehead atoms. The molecule has 0 N–H and O–H groups in total. The van der Waals surface area contributed by atoms with Crippen LogP contribution in [0, 0.1) is 11.6 Å². The highest BCUT2D eigenvalue weighted by Crippen LogP contribution is 2.30. The summed E-state index contributed by atoms with van der Waals surface area (Å²) in [5, 5.41) is 1.49. The third-order valence-corrected chi connectivity index (χ3v) is 5.72. The molecule has 0 spiro atoms. The third kappa shape index (κ3) is 4.59. The highest BCUT2D eigenvalue weighted by Gasteiger charge is 2.10. The van der Waals surface area contributed by atoms with Gasteiger partial charge in [-0.05, 0) is 65.5 Å². The van der Waals surface area contributed by atoms with Crippen molar-refractivity contribution in [2.24, 2.45) is 0 Å². The highest BCUT2D eigenvalue weighted by molar-refractivity contribution is 5.88. The molecule has 0 atom stereocenters. The molecular formula is C28H26F2. The highest BCUT2D eigenvalue weighted by atomic mass is 19.1. The van der Waals surface area contributed by atoms with Crippen molar-refractivity contribution in [2.75, 3.05) is 0 Å². The first-order valence-electron chi connectivity index (χ1n) is 10.7. The number of hydrogen-bond donors (Lipinski definition) is 0. The maximum absolute atomic E-state index is 15.1. The van der Waals surface area contributed by atoms with Gasteiger partial charge in [0.25, 0.3) is 0 Å². The molecule has 152 valence electrons. The number of halogens is 2. The number of hydrogen-bond acceptors (Lipinski definition) is 0. The van der Waals surface area contributed by atoms with Gasteiger partial charge in [0.1, 0.15) is 11.6 Å². The van der Waals surface area contributed by atoms with Crippen LogP contribution in [0.2, 0.25) is 0 Å². The molecule has 30 heavy (non-hydrogen) atoms. The molecular weight excluding hydrogens is 374 g/mol. The topological polar surface area (TPSA) is 0 Å². The molecule has 0 aliphatic rings. The molecule has 0 aliphatic heterocycles. The van der Waals surface area contributed by atoms with Crippen molar-refractivity contribution >= 4 is 10.8 Å². The molecule has 0 unspecified atom stereocenters. The van der Waals surface area contributed by atoms with E-state index in [1.807, 2.05) is 18.2 Å². The molecule has 2 heteroatoms. The van der Waals surface area contributed by atoms with E-state index in [1.165, 1.54) is 41.7 Å². The minimum absolute atomic E-state index is 0.256. The maximum atomic E-state index is 15.1. The van der Waals surface area contributed by atoms with Crippen molar-refractivity contribution in [1.29, 1.82) is 0 Å². The Morgan fingerprint density at radius 3 is 1.97 bits per heavy atom. The monoisotopic (exact) mass is 400 g/mol.